The SMILES string of the molecule is COC(=O)C1CN(C)CCN1S(=O)(=O)c1ccc(OC)cc1. The number of hydrogen-bond acceptors (Lipinski definition) is 6. The molecule has 0 aromatic heterocycles. The molecule has 0 amide bonds. The fourth-order valence-corrected chi connectivity index (χ4v) is 3.96. The third kappa shape index (κ3) is 3.23. The molecule has 0 bridgehead atoms. The van der Waals surface area contributed by atoms with Gasteiger partial charge in [-0.15, -0.1) is 0 Å². The number of hydrogen-bond donors (Lipinski definition) is 0. The molecule has 22 heavy (non-hydrogen) atoms. The molecule has 0 radical (unpaired) electrons. The number of carbonyl (C=O) groups is 1. The molecular formula is C14H20N2O5S. The number of nitrogens with zero attached hydrogens (tertiary/aromatic N) is 2. The minimum Gasteiger partial charge on any atom is -0.497 e. The molecule has 7 nitrogen and oxygen atoms in total. The van der Waals surface area contributed by atoms with Crippen LogP contribution in [0.5, 0.6) is 5.75 Å². The predicted molar refractivity (Wildman–Crippen MR) is 80.2 cm³/mol. The fourth-order valence-electron chi connectivity index (χ4n) is 2.40. The van der Waals surface area contributed by atoms with Gasteiger partial charge in [0.1, 0.15) is 11.8 Å². The average Bonchev–Trinajstić information content (AvgIpc) is 2.53. The fraction of sp³-hybridized carbons (Fsp3) is 0.500. The van der Waals surface area contributed by atoms with Gasteiger partial charge in [-0.25, -0.2) is 8.42 Å². The van der Waals surface area contributed by atoms with Crippen molar-refractivity contribution in [2.24, 2.45) is 0 Å². The molecule has 1 atom stereocenters. The summed E-state index contributed by atoms with van der Waals surface area (Å²) >= 11 is 0. The van der Waals surface area contributed by atoms with Gasteiger partial charge in [-0.1, -0.05) is 0 Å². The first kappa shape index (κ1) is 16.7. The molecule has 2 rings (SSSR count). The number of carbonyl (C=O) groups excluding carboxylic acids is 1. The Morgan fingerprint density at radius 3 is 2.36 bits per heavy atom. The summed E-state index contributed by atoms with van der Waals surface area (Å²) < 4.78 is 36.5. The van der Waals surface area contributed by atoms with E-state index in [2.05, 4.69) is 0 Å². The minimum atomic E-state index is -3.76. The summed E-state index contributed by atoms with van der Waals surface area (Å²) in [6, 6.07) is 5.27. The number of rotatable bonds is 4. The van der Waals surface area contributed by atoms with E-state index in [1.807, 2.05) is 11.9 Å². The smallest absolute Gasteiger partial charge is 0.325 e. The number of likely N-dealkylation sites (N-methyl/N-ethyl adjacent to an activating group) is 1. The second-order valence-corrected chi connectivity index (χ2v) is 6.98. The highest BCUT2D eigenvalue weighted by molar-refractivity contribution is 7.89. The molecule has 1 aliphatic rings. The highest BCUT2D eigenvalue weighted by Gasteiger charge is 2.39. The van der Waals surface area contributed by atoms with Crippen LogP contribution in [0.3, 0.4) is 0 Å². The lowest BCUT2D eigenvalue weighted by Gasteiger charge is -2.37. The van der Waals surface area contributed by atoms with Crippen LogP contribution in [0.4, 0.5) is 0 Å². The van der Waals surface area contributed by atoms with E-state index in [0.29, 0.717) is 18.8 Å². The van der Waals surface area contributed by atoms with E-state index in [0.717, 1.165) is 0 Å². The summed E-state index contributed by atoms with van der Waals surface area (Å²) in [5.74, 6) is 0.0190. The van der Waals surface area contributed by atoms with Gasteiger partial charge in [0.15, 0.2) is 0 Å². The van der Waals surface area contributed by atoms with Gasteiger partial charge < -0.3 is 14.4 Å². The molecule has 1 aromatic rings. The van der Waals surface area contributed by atoms with Crippen LogP contribution < -0.4 is 4.74 Å². The quantitative estimate of drug-likeness (QED) is 0.734. The number of esters is 1. The molecule has 122 valence electrons. The van der Waals surface area contributed by atoms with Crippen LogP contribution in [0.2, 0.25) is 0 Å². The van der Waals surface area contributed by atoms with Gasteiger partial charge in [0.25, 0.3) is 0 Å². The molecule has 1 saturated heterocycles. The Morgan fingerprint density at radius 1 is 1.18 bits per heavy atom. The van der Waals surface area contributed by atoms with Crippen molar-refractivity contribution in [1.82, 2.24) is 9.21 Å². The van der Waals surface area contributed by atoms with Crippen molar-refractivity contribution < 1.29 is 22.7 Å². The maximum atomic E-state index is 12.8. The molecule has 1 heterocycles. The number of methoxy groups -OCH3 is 2. The lowest BCUT2D eigenvalue weighted by atomic mass is 10.2. The highest BCUT2D eigenvalue weighted by Crippen LogP contribution is 2.23. The van der Waals surface area contributed by atoms with Gasteiger partial charge in [0, 0.05) is 19.6 Å². The molecule has 1 aliphatic heterocycles. The largest absolute Gasteiger partial charge is 0.497 e. The molecule has 1 unspecified atom stereocenters. The molecule has 8 heteroatoms. The third-order valence-corrected chi connectivity index (χ3v) is 5.60. The summed E-state index contributed by atoms with van der Waals surface area (Å²) in [4.78, 5) is 14.0. The Labute approximate surface area is 130 Å². The summed E-state index contributed by atoms with van der Waals surface area (Å²) in [5, 5.41) is 0. The van der Waals surface area contributed by atoms with Crippen LogP contribution in [0.1, 0.15) is 0 Å². The molecule has 1 fully saturated rings. The van der Waals surface area contributed by atoms with Crippen molar-refractivity contribution in [3.05, 3.63) is 24.3 Å². The standard InChI is InChI=1S/C14H20N2O5S/c1-15-8-9-16(13(10-15)14(17)21-3)22(18,19)12-6-4-11(20-2)5-7-12/h4-7,13H,8-10H2,1-3H3. The highest BCUT2D eigenvalue weighted by atomic mass is 32.2. The lowest BCUT2D eigenvalue weighted by Crippen LogP contribution is -2.57. The van der Waals surface area contributed by atoms with Gasteiger partial charge in [-0.2, -0.15) is 4.31 Å². The zero-order valence-electron chi connectivity index (χ0n) is 12.9. The van der Waals surface area contributed by atoms with Gasteiger partial charge in [-0.05, 0) is 31.3 Å². The van der Waals surface area contributed by atoms with Crippen molar-refractivity contribution in [3.8, 4) is 5.75 Å². The maximum Gasteiger partial charge on any atom is 0.325 e. The Hall–Kier alpha value is -1.64. The van der Waals surface area contributed by atoms with Crippen LogP contribution in [-0.2, 0) is 19.6 Å². The van der Waals surface area contributed by atoms with E-state index in [9.17, 15) is 13.2 Å². The summed E-state index contributed by atoms with van der Waals surface area (Å²) in [6.07, 6.45) is 0. The number of piperazine rings is 1. The van der Waals surface area contributed by atoms with Crippen molar-refractivity contribution >= 4 is 16.0 Å². The Bertz CT molecular complexity index is 629. The Kier molecular flexibility index (Phi) is 5.05. The maximum absolute atomic E-state index is 12.8. The normalized spacial score (nSPS) is 20.6. The van der Waals surface area contributed by atoms with Crippen molar-refractivity contribution in [2.45, 2.75) is 10.9 Å². The predicted octanol–water partition coefficient (Wildman–Crippen LogP) is 0.173. The van der Waals surface area contributed by atoms with Gasteiger partial charge in [0.05, 0.1) is 19.1 Å². The van der Waals surface area contributed by atoms with Crippen molar-refractivity contribution in [1.29, 1.82) is 0 Å². The summed E-state index contributed by atoms with van der Waals surface area (Å²) in [5.41, 5.74) is 0. The van der Waals surface area contributed by atoms with Crippen molar-refractivity contribution in [3.63, 3.8) is 0 Å². The first-order valence-corrected chi connectivity index (χ1v) is 8.26. The molecule has 0 N–H and O–H groups in total. The second kappa shape index (κ2) is 6.64. The van der Waals surface area contributed by atoms with Crippen LogP contribution >= 0.6 is 0 Å². The van der Waals surface area contributed by atoms with E-state index in [-0.39, 0.29) is 11.4 Å². The lowest BCUT2D eigenvalue weighted by molar-refractivity contribution is -0.146. The zero-order valence-corrected chi connectivity index (χ0v) is 13.7. The Morgan fingerprint density at radius 2 is 1.82 bits per heavy atom. The van der Waals surface area contributed by atoms with Crippen LogP contribution in [-0.4, -0.2) is 70.5 Å². The molecule has 0 aliphatic carbocycles. The first-order chi connectivity index (χ1) is 10.4. The van der Waals surface area contributed by atoms with Crippen LogP contribution in [0.15, 0.2) is 29.2 Å². The Balaban J connectivity index is 2.34. The van der Waals surface area contributed by atoms with E-state index in [1.54, 1.807) is 12.1 Å². The monoisotopic (exact) mass is 328 g/mol. The van der Waals surface area contributed by atoms with E-state index in [1.165, 1.54) is 30.7 Å². The third-order valence-electron chi connectivity index (χ3n) is 3.67. The molecular weight excluding hydrogens is 308 g/mol. The number of ether oxygens (including phenoxy) is 2. The van der Waals surface area contributed by atoms with E-state index in [4.69, 9.17) is 9.47 Å². The molecule has 0 saturated carbocycles. The molecule has 0 spiro atoms. The van der Waals surface area contributed by atoms with E-state index >= 15 is 0 Å². The zero-order chi connectivity index (χ0) is 16.3. The van der Waals surface area contributed by atoms with Crippen LogP contribution in [0, 0.1) is 0 Å². The van der Waals surface area contributed by atoms with Crippen LogP contribution in [0.25, 0.3) is 0 Å². The second-order valence-electron chi connectivity index (χ2n) is 5.09. The molecule has 1 aromatic carbocycles. The van der Waals surface area contributed by atoms with Gasteiger partial charge >= 0.3 is 5.97 Å². The summed E-state index contributed by atoms with van der Waals surface area (Å²) in [6.45, 7) is 1.11. The minimum absolute atomic E-state index is 0.131. The number of sulfonamides is 1. The van der Waals surface area contributed by atoms with Gasteiger partial charge in [-0.3, -0.25) is 4.79 Å². The topological polar surface area (TPSA) is 76.2 Å². The first-order valence-electron chi connectivity index (χ1n) is 6.82. The van der Waals surface area contributed by atoms with Crippen molar-refractivity contribution in [2.75, 3.05) is 40.9 Å². The van der Waals surface area contributed by atoms with E-state index < -0.39 is 22.0 Å². The van der Waals surface area contributed by atoms with Gasteiger partial charge in [0.2, 0.25) is 10.0 Å². The number of benzene rings is 1. The average molecular weight is 328 g/mol. The summed E-state index contributed by atoms with van der Waals surface area (Å²) in [7, 11) is 0.846.